The molecule has 2 aromatic rings. The van der Waals surface area contributed by atoms with E-state index in [1.165, 1.54) is 5.52 Å². The van der Waals surface area contributed by atoms with E-state index in [2.05, 4.69) is 15.6 Å². The minimum atomic E-state index is 1.00. The van der Waals surface area contributed by atoms with Gasteiger partial charge in [-0.05, 0) is 19.1 Å². The Bertz CT molecular complexity index is 396. The molecule has 0 aliphatic carbocycles. The van der Waals surface area contributed by atoms with Gasteiger partial charge in [-0.25, -0.2) is 4.98 Å². The van der Waals surface area contributed by atoms with Gasteiger partial charge in [0.15, 0.2) is 0 Å². The monoisotopic (exact) mass is 210 g/mol. The summed E-state index contributed by atoms with van der Waals surface area (Å²) in [4.78, 5) is 4.38. The first-order chi connectivity index (χ1) is 7.29. The molecule has 0 fully saturated rings. The molecule has 0 spiro atoms. The lowest BCUT2D eigenvalue weighted by atomic mass is 10.3. The Hall–Kier alpha value is -1.39. The lowest BCUT2D eigenvalue weighted by Crippen LogP contribution is -1.89. The van der Waals surface area contributed by atoms with Gasteiger partial charge in [0, 0.05) is 21.3 Å². The van der Waals surface area contributed by atoms with E-state index in [0.717, 1.165) is 25.6 Å². The van der Waals surface area contributed by atoms with Gasteiger partial charge in [-0.3, -0.25) is 0 Å². The Morgan fingerprint density at radius 1 is 1.07 bits per heavy atom. The molecule has 84 valence electrons. The van der Waals surface area contributed by atoms with Crippen LogP contribution in [0.2, 0.25) is 0 Å². The van der Waals surface area contributed by atoms with E-state index in [1.807, 2.05) is 32.2 Å². The molecule has 4 heteroatoms. The molecule has 0 amide bonds. The first kappa shape index (κ1) is 13.6. The van der Waals surface area contributed by atoms with Crippen LogP contribution in [0, 0.1) is 6.92 Å². The highest BCUT2D eigenvalue weighted by molar-refractivity contribution is 5.75. The van der Waals surface area contributed by atoms with Crippen LogP contribution in [0.4, 0.5) is 0 Å². The van der Waals surface area contributed by atoms with Crippen molar-refractivity contribution < 1.29 is 10.2 Å². The summed E-state index contributed by atoms with van der Waals surface area (Å²) in [7, 11) is 4.03. The summed E-state index contributed by atoms with van der Waals surface area (Å²) in [5.41, 5.74) is 2.28. The fourth-order valence-electron chi connectivity index (χ4n) is 1.27. The SMILES string of the molecule is CO.CO.Cc1nc2ccccc2n1C. The van der Waals surface area contributed by atoms with Crippen molar-refractivity contribution in [2.75, 3.05) is 14.2 Å². The van der Waals surface area contributed by atoms with Gasteiger partial charge in [0.1, 0.15) is 5.82 Å². The molecule has 0 aliphatic heterocycles. The maximum absolute atomic E-state index is 7.00. The molecule has 15 heavy (non-hydrogen) atoms. The zero-order valence-electron chi connectivity index (χ0n) is 9.60. The van der Waals surface area contributed by atoms with Crippen LogP contribution in [0.5, 0.6) is 0 Å². The van der Waals surface area contributed by atoms with Crippen LogP contribution >= 0.6 is 0 Å². The van der Waals surface area contributed by atoms with Crippen molar-refractivity contribution in [3.63, 3.8) is 0 Å². The smallest absolute Gasteiger partial charge is 0.106 e. The number of rotatable bonds is 0. The molecule has 1 heterocycles. The maximum Gasteiger partial charge on any atom is 0.106 e. The second-order valence-corrected chi connectivity index (χ2v) is 2.71. The molecule has 0 aliphatic rings. The van der Waals surface area contributed by atoms with Crippen molar-refractivity contribution in [2.45, 2.75) is 6.92 Å². The molecule has 4 nitrogen and oxygen atoms in total. The van der Waals surface area contributed by atoms with E-state index in [0.29, 0.717) is 0 Å². The van der Waals surface area contributed by atoms with Crippen molar-refractivity contribution in [2.24, 2.45) is 7.05 Å². The lowest BCUT2D eigenvalue weighted by Gasteiger charge is -1.93. The second-order valence-electron chi connectivity index (χ2n) is 2.71. The zero-order valence-corrected chi connectivity index (χ0v) is 9.60. The molecule has 1 aromatic heterocycles. The number of para-hydroxylation sites is 2. The average molecular weight is 210 g/mol. The summed E-state index contributed by atoms with van der Waals surface area (Å²) < 4.78 is 2.09. The topological polar surface area (TPSA) is 58.3 Å². The molecule has 0 saturated carbocycles. The Labute approximate surface area is 89.8 Å². The van der Waals surface area contributed by atoms with Crippen LogP contribution in [0.1, 0.15) is 5.82 Å². The van der Waals surface area contributed by atoms with Crippen molar-refractivity contribution in [3.05, 3.63) is 30.1 Å². The Kier molecular flexibility index (Phi) is 6.33. The van der Waals surface area contributed by atoms with E-state index in [9.17, 15) is 0 Å². The third-order valence-corrected chi connectivity index (χ3v) is 2.01. The molecule has 2 N–H and O–H groups in total. The summed E-state index contributed by atoms with van der Waals surface area (Å²) in [6.45, 7) is 2.01. The van der Waals surface area contributed by atoms with Crippen LogP contribution in [0.15, 0.2) is 24.3 Å². The molecular weight excluding hydrogens is 192 g/mol. The second kappa shape index (κ2) is 6.98. The van der Waals surface area contributed by atoms with Gasteiger partial charge in [0.2, 0.25) is 0 Å². The van der Waals surface area contributed by atoms with Gasteiger partial charge in [-0.15, -0.1) is 0 Å². The minimum Gasteiger partial charge on any atom is -0.400 e. The molecule has 0 atom stereocenters. The number of hydrogen-bond acceptors (Lipinski definition) is 3. The molecule has 1 aromatic carbocycles. The number of imidazole rings is 1. The fraction of sp³-hybridized carbons (Fsp3) is 0.364. The van der Waals surface area contributed by atoms with E-state index in [4.69, 9.17) is 10.2 Å². The first-order valence-electron chi connectivity index (χ1n) is 4.56. The van der Waals surface area contributed by atoms with Crippen LogP contribution in [-0.2, 0) is 7.05 Å². The number of aromatic nitrogens is 2. The van der Waals surface area contributed by atoms with E-state index in [-0.39, 0.29) is 0 Å². The van der Waals surface area contributed by atoms with Crippen molar-refractivity contribution in [1.82, 2.24) is 9.55 Å². The highest BCUT2D eigenvalue weighted by Gasteiger charge is 2.00. The Morgan fingerprint density at radius 3 is 2.13 bits per heavy atom. The summed E-state index contributed by atoms with van der Waals surface area (Å²) in [6, 6.07) is 8.15. The summed E-state index contributed by atoms with van der Waals surface area (Å²) >= 11 is 0. The standard InChI is InChI=1S/C9H10N2.2CH4O/c1-7-10-8-5-3-4-6-9(8)11(7)2;2*1-2/h3-6H,1-2H3;2*2H,1H3. The molecule has 2 rings (SSSR count). The van der Waals surface area contributed by atoms with Crippen LogP contribution in [-0.4, -0.2) is 34.0 Å². The number of aliphatic hydroxyl groups excluding tert-OH is 2. The van der Waals surface area contributed by atoms with Gasteiger partial charge in [0.25, 0.3) is 0 Å². The summed E-state index contributed by atoms with van der Waals surface area (Å²) in [5.74, 6) is 1.06. The first-order valence-corrected chi connectivity index (χ1v) is 4.56. The number of fused-ring (bicyclic) bond motifs is 1. The molecule has 0 radical (unpaired) electrons. The van der Waals surface area contributed by atoms with Crippen molar-refractivity contribution in [3.8, 4) is 0 Å². The molecule has 0 bridgehead atoms. The lowest BCUT2D eigenvalue weighted by molar-refractivity contribution is 0.399. The predicted octanol–water partition coefficient (Wildman–Crippen LogP) is 1.10. The number of benzene rings is 1. The summed E-state index contributed by atoms with van der Waals surface area (Å²) in [5, 5.41) is 14.0. The Balaban J connectivity index is 0.000000442. The van der Waals surface area contributed by atoms with Crippen molar-refractivity contribution >= 4 is 11.0 Å². The van der Waals surface area contributed by atoms with Gasteiger partial charge < -0.3 is 14.8 Å². The highest BCUT2D eigenvalue weighted by Crippen LogP contribution is 2.12. The van der Waals surface area contributed by atoms with Gasteiger partial charge in [-0.2, -0.15) is 0 Å². The molecular formula is C11H18N2O2. The summed E-state index contributed by atoms with van der Waals surface area (Å²) in [6.07, 6.45) is 0. The number of aryl methyl sites for hydroxylation is 2. The van der Waals surface area contributed by atoms with E-state index < -0.39 is 0 Å². The Morgan fingerprint density at radius 2 is 1.60 bits per heavy atom. The minimum absolute atomic E-state index is 1.00. The van der Waals surface area contributed by atoms with Gasteiger partial charge >= 0.3 is 0 Å². The zero-order chi connectivity index (χ0) is 11.8. The molecule has 0 saturated heterocycles. The van der Waals surface area contributed by atoms with Crippen LogP contribution in [0.3, 0.4) is 0 Å². The highest BCUT2D eigenvalue weighted by atomic mass is 16.2. The third kappa shape index (κ3) is 3.04. The van der Waals surface area contributed by atoms with Gasteiger partial charge in [0.05, 0.1) is 11.0 Å². The van der Waals surface area contributed by atoms with E-state index in [1.54, 1.807) is 0 Å². The van der Waals surface area contributed by atoms with Gasteiger partial charge in [-0.1, -0.05) is 12.1 Å². The van der Waals surface area contributed by atoms with Crippen LogP contribution < -0.4 is 0 Å². The fourth-order valence-corrected chi connectivity index (χ4v) is 1.27. The van der Waals surface area contributed by atoms with Crippen molar-refractivity contribution in [1.29, 1.82) is 0 Å². The largest absolute Gasteiger partial charge is 0.400 e. The third-order valence-electron chi connectivity index (χ3n) is 2.01. The number of aliphatic hydroxyl groups is 2. The molecule has 0 unspecified atom stereocenters. The van der Waals surface area contributed by atoms with E-state index >= 15 is 0 Å². The number of nitrogens with zero attached hydrogens (tertiary/aromatic N) is 2. The van der Waals surface area contributed by atoms with Crippen LogP contribution in [0.25, 0.3) is 11.0 Å². The maximum atomic E-state index is 7.00. The number of hydrogen-bond donors (Lipinski definition) is 2. The predicted molar refractivity (Wildman–Crippen MR) is 61.7 cm³/mol. The average Bonchev–Trinajstić information content (AvgIpc) is 2.61. The quantitative estimate of drug-likeness (QED) is 0.684. The normalized spacial score (nSPS) is 8.67.